The molecular weight excluding hydrogens is 364 g/mol. The van der Waals surface area contributed by atoms with Crippen LogP contribution in [0.3, 0.4) is 0 Å². The molecule has 4 rings (SSSR count). The summed E-state index contributed by atoms with van der Waals surface area (Å²) < 4.78 is 7.44. The zero-order valence-electron chi connectivity index (χ0n) is 15.6. The largest absolute Gasteiger partial charge is 0.378 e. The fourth-order valence-electron chi connectivity index (χ4n) is 3.98. The van der Waals surface area contributed by atoms with Gasteiger partial charge >= 0.3 is 0 Å². The van der Waals surface area contributed by atoms with E-state index >= 15 is 0 Å². The van der Waals surface area contributed by atoms with Gasteiger partial charge in [-0.15, -0.1) is 12.4 Å². The van der Waals surface area contributed by atoms with Crippen molar-refractivity contribution >= 4 is 24.1 Å². The highest BCUT2D eigenvalue weighted by Crippen LogP contribution is 2.35. The average Bonchev–Trinajstić information content (AvgIpc) is 3.02. The third-order valence-electron chi connectivity index (χ3n) is 5.30. The molecule has 2 unspecified atom stereocenters. The number of nitrogens with one attached hydrogen (secondary N) is 2. The number of carbonyl (C=O) groups excluding carboxylic acids is 1. The summed E-state index contributed by atoms with van der Waals surface area (Å²) in [6, 6.07) is 8.82. The Hall–Kier alpha value is -1.89. The average molecular weight is 391 g/mol. The molecule has 1 aliphatic carbocycles. The lowest BCUT2D eigenvalue weighted by Gasteiger charge is -2.28. The van der Waals surface area contributed by atoms with Gasteiger partial charge in [0, 0.05) is 24.6 Å². The summed E-state index contributed by atoms with van der Waals surface area (Å²) in [5.41, 5.74) is 3.70. The number of carbonyl (C=O) groups is 1. The van der Waals surface area contributed by atoms with Crippen LogP contribution in [0.5, 0.6) is 0 Å². The van der Waals surface area contributed by atoms with Gasteiger partial charge in [0.1, 0.15) is 5.82 Å². The summed E-state index contributed by atoms with van der Waals surface area (Å²) in [5.74, 6) is 0.815. The number of fused-ring (bicyclic) bond motifs is 1. The third kappa shape index (κ3) is 4.34. The molecule has 1 saturated heterocycles. The van der Waals surface area contributed by atoms with Gasteiger partial charge in [0.15, 0.2) is 0 Å². The molecule has 6 nitrogen and oxygen atoms in total. The SMILES string of the molecule is Cc1cnn(C2CCCc3ccccc32)c1NC(=O)CC1COCCN1.Cl. The second-order valence-electron chi connectivity index (χ2n) is 7.21. The van der Waals surface area contributed by atoms with Gasteiger partial charge in [0.25, 0.3) is 0 Å². The first-order valence-corrected chi connectivity index (χ1v) is 9.45. The molecule has 1 aliphatic heterocycles. The topological polar surface area (TPSA) is 68.2 Å². The Kier molecular flexibility index (Phi) is 6.52. The van der Waals surface area contributed by atoms with Gasteiger partial charge in [0.2, 0.25) is 5.91 Å². The number of amides is 1. The summed E-state index contributed by atoms with van der Waals surface area (Å²) in [5, 5.41) is 11.0. The molecule has 1 amide bonds. The van der Waals surface area contributed by atoms with E-state index < -0.39 is 0 Å². The number of ether oxygens (including phenoxy) is 1. The van der Waals surface area contributed by atoms with Crippen LogP contribution in [0.4, 0.5) is 5.82 Å². The van der Waals surface area contributed by atoms with Gasteiger partial charge in [-0.1, -0.05) is 24.3 Å². The number of benzene rings is 1. The molecular formula is C20H27ClN4O2. The van der Waals surface area contributed by atoms with Crippen molar-refractivity contribution in [3.05, 3.63) is 47.2 Å². The predicted molar refractivity (Wildman–Crippen MR) is 108 cm³/mol. The van der Waals surface area contributed by atoms with E-state index in [2.05, 4.69) is 40.0 Å². The van der Waals surface area contributed by atoms with Gasteiger partial charge in [-0.3, -0.25) is 4.79 Å². The highest BCUT2D eigenvalue weighted by atomic mass is 35.5. The minimum Gasteiger partial charge on any atom is -0.378 e. The van der Waals surface area contributed by atoms with Crippen LogP contribution in [0.2, 0.25) is 0 Å². The number of hydrogen-bond donors (Lipinski definition) is 2. The van der Waals surface area contributed by atoms with Crippen molar-refractivity contribution in [2.75, 3.05) is 25.1 Å². The van der Waals surface area contributed by atoms with Gasteiger partial charge in [-0.2, -0.15) is 5.10 Å². The molecule has 1 aromatic heterocycles. The smallest absolute Gasteiger partial charge is 0.227 e. The van der Waals surface area contributed by atoms with Crippen molar-refractivity contribution in [3.63, 3.8) is 0 Å². The van der Waals surface area contributed by atoms with Crippen molar-refractivity contribution < 1.29 is 9.53 Å². The summed E-state index contributed by atoms with van der Waals surface area (Å²) in [7, 11) is 0. The number of hydrogen-bond acceptors (Lipinski definition) is 4. The summed E-state index contributed by atoms with van der Waals surface area (Å²) in [6.07, 6.45) is 5.54. The molecule has 2 aliphatic rings. The first-order chi connectivity index (χ1) is 12.7. The van der Waals surface area contributed by atoms with Crippen molar-refractivity contribution in [2.45, 2.75) is 44.7 Å². The molecule has 0 radical (unpaired) electrons. The van der Waals surface area contributed by atoms with Crippen molar-refractivity contribution in [1.82, 2.24) is 15.1 Å². The van der Waals surface area contributed by atoms with Gasteiger partial charge in [-0.05, 0) is 37.3 Å². The van der Waals surface area contributed by atoms with E-state index in [1.807, 2.05) is 17.8 Å². The monoisotopic (exact) mass is 390 g/mol. The van der Waals surface area contributed by atoms with Crippen LogP contribution < -0.4 is 10.6 Å². The Morgan fingerprint density at radius 1 is 1.41 bits per heavy atom. The molecule has 146 valence electrons. The van der Waals surface area contributed by atoms with Crippen molar-refractivity contribution in [3.8, 4) is 0 Å². The standard InChI is InChI=1S/C20H26N4O2.ClH/c1-14-12-22-24(18-8-4-6-15-5-2-3-7-17(15)18)20(14)23-19(25)11-16-13-26-10-9-21-16;/h2-3,5,7,12,16,18,21H,4,6,8-11,13H2,1H3,(H,23,25);1H. The van der Waals surface area contributed by atoms with Crippen LogP contribution in [0.25, 0.3) is 0 Å². The molecule has 0 saturated carbocycles. The number of halogens is 1. The number of rotatable bonds is 4. The molecule has 0 spiro atoms. The fraction of sp³-hybridized carbons (Fsp3) is 0.500. The van der Waals surface area contributed by atoms with E-state index in [0.717, 1.165) is 37.2 Å². The quantitative estimate of drug-likeness (QED) is 0.842. The molecule has 0 bridgehead atoms. The minimum absolute atomic E-state index is 0. The molecule has 1 aromatic carbocycles. The maximum Gasteiger partial charge on any atom is 0.227 e. The lowest BCUT2D eigenvalue weighted by molar-refractivity contribution is -0.117. The maximum absolute atomic E-state index is 12.6. The number of nitrogens with zero attached hydrogens (tertiary/aromatic N) is 2. The number of morpholine rings is 1. The van der Waals surface area contributed by atoms with E-state index in [9.17, 15) is 4.79 Å². The van der Waals surface area contributed by atoms with Gasteiger partial charge in [0.05, 0.1) is 25.5 Å². The highest BCUT2D eigenvalue weighted by molar-refractivity contribution is 5.91. The van der Waals surface area contributed by atoms with Crippen LogP contribution in [-0.4, -0.2) is 41.5 Å². The lowest BCUT2D eigenvalue weighted by atomic mass is 9.88. The van der Waals surface area contributed by atoms with E-state index in [1.165, 1.54) is 11.1 Å². The fourth-order valence-corrected chi connectivity index (χ4v) is 3.98. The van der Waals surface area contributed by atoms with Crippen LogP contribution >= 0.6 is 12.4 Å². The molecule has 2 aromatic rings. The van der Waals surface area contributed by atoms with Gasteiger partial charge in [-0.25, -0.2) is 4.68 Å². The highest BCUT2D eigenvalue weighted by Gasteiger charge is 2.26. The molecule has 2 atom stereocenters. The second-order valence-corrected chi connectivity index (χ2v) is 7.21. The molecule has 2 heterocycles. The van der Waals surface area contributed by atoms with Crippen LogP contribution in [-0.2, 0) is 16.0 Å². The number of aromatic nitrogens is 2. The zero-order chi connectivity index (χ0) is 17.9. The first kappa shape index (κ1) is 19.9. The van der Waals surface area contributed by atoms with Crippen molar-refractivity contribution in [2.24, 2.45) is 0 Å². The maximum atomic E-state index is 12.6. The van der Waals surface area contributed by atoms with E-state index in [4.69, 9.17) is 4.74 Å². The Balaban J connectivity index is 0.00000210. The number of aryl methyl sites for hydroxylation is 2. The second kappa shape index (κ2) is 8.87. The lowest BCUT2D eigenvalue weighted by Crippen LogP contribution is -2.43. The van der Waals surface area contributed by atoms with Crippen LogP contribution in [0.1, 0.15) is 42.0 Å². The molecule has 7 heteroatoms. The first-order valence-electron chi connectivity index (χ1n) is 9.45. The van der Waals surface area contributed by atoms with E-state index in [0.29, 0.717) is 19.6 Å². The zero-order valence-corrected chi connectivity index (χ0v) is 16.4. The summed E-state index contributed by atoms with van der Waals surface area (Å²) in [4.78, 5) is 12.6. The normalized spacial score (nSPS) is 21.8. The van der Waals surface area contributed by atoms with Crippen molar-refractivity contribution in [1.29, 1.82) is 0 Å². The minimum atomic E-state index is 0. The van der Waals surface area contributed by atoms with Crippen LogP contribution in [0, 0.1) is 6.92 Å². The molecule has 1 fully saturated rings. The Labute approximate surface area is 166 Å². The summed E-state index contributed by atoms with van der Waals surface area (Å²) in [6.45, 7) is 4.09. The molecule has 27 heavy (non-hydrogen) atoms. The number of anilines is 1. The van der Waals surface area contributed by atoms with E-state index in [1.54, 1.807) is 0 Å². The van der Waals surface area contributed by atoms with E-state index in [-0.39, 0.29) is 30.4 Å². The van der Waals surface area contributed by atoms with Gasteiger partial charge < -0.3 is 15.4 Å². The third-order valence-corrected chi connectivity index (χ3v) is 5.30. The van der Waals surface area contributed by atoms with Crippen LogP contribution in [0.15, 0.2) is 30.5 Å². The predicted octanol–water partition coefficient (Wildman–Crippen LogP) is 2.86. The Morgan fingerprint density at radius 3 is 3.07 bits per heavy atom. The Morgan fingerprint density at radius 2 is 2.26 bits per heavy atom. The summed E-state index contributed by atoms with van der Waals surface area (Å²) >= 11 is 0. The molecule has 2 N–H and O–H groups in total. The Bertz CT molecular complexity index is 786.